The van der Waals surface area contributed by atoms with Crippen LogP contribution in [0.2, 0.25) is 0 Å². The molecule has 7 rings (SSSR count). The molecule has 0 bridgehead atoms. The summed E-state index contributed by atoms with van der Waals surface area (Å²) in [7, 11) is 2.14. The van der Waals surface area contributed by atoms with Crippen LogP contribution in [0.15, 0.2) is 146 Å². The Kier molecular flexibility index (Phi) is 6.26. The molecule has 0 saturated heterocycles. The van der Waals surface area contributed by atoms with Gasteiger partial charge < -0.3 is 4.90 Å². The molecule has 0 unspecified atom stereocenters. The van der Waals surface area contributed by atoms with Crippen molar-refractivity contribution in [1.82, 2.24) is 0 Å². The molecule has 0 atom stereocenters. The summed E-state index contributed by atoms with van der Waals surface area (Å²) >= 11 is 0. The molecular weight excluding hydrogens is 482 g/mol. The van der Waals surface area contributed by atoms with Gasteiger partial charge in [0.25, 0.3) is 0 Å². The second-order valence-corrected chi connectivity index (χ2v) is 10.7. The highest BCUT2D eigenvalue weighted by Gasteiger charge is 2.18. The fraction of sp³-hybridized carbons (Fsp3) is 0.0769. The van der Waals surface area contributed by atoms with Gasteiger partial charge in [0.15, 0.2) is 0 Å². The Morgan fingerprint density at radius 1 is 0.450 bits per heavy atom. The highest BCUT2D eigenvalue weighted by atomic mass is 15.1. The quantitative estimate of drug-likeness (QED) is 0.214. The monoisotopic (exact) mass is 513 g/mol. The number of hydrogen-bond donors (Lipinski definition) is 0. The Morgan fingerprint density at radius 3 is 1.88 bits per heavy atom. The molecule has 1 aliphatic carbocycles. The van der Waals surface area contributed by atoms with Gasteiger partial charge in [-0.1, -0.05) is 115 Å². The summed E-state index contributed by atoms with van der Waals surface area (Å²) in [4.78, 5) is 2.26. The van der Waals surface area contributed by atoms with Crippen LogP contribution in [0.4, 0.5) is 11.4 Å². The summed E-state index contributed by atoms with van der Waals surface area (Å²) in [5.41, 5.74) is 15.6. The van der Waals surface area contributed by atoms with Crippen molar-refractivity contribution in [1.29, 1.82) is 0 Å². The number of nitrogens with zero attached hydrogens (tertiary/aromatic N) is 1. The van der Waals surface area contributed by atoms with Gasteiger partial charge in [-0.05, 0) is 98.8 Å². The van der Waals surface area contributed by atoms with Crippen LogP contribution in [0.5, 0.6) is 0 Å². The summed E-state index contributed by atoms with van der Waals surface area (Å²) in [6.07, 6.45) is 1.99. The van der Waals surface area contributed by atoms with Crippen LogP contribution in [0.1, 0.15) is 22.3 Å². The lowest BCUT2D eigenvalue weighted by molar-refractivity contribution is 1.19. The molecule has 0 aromatic heterocycles. The van der Waals surface area contributed by atoms with Crippen LogP contribution in [0.3, 0.4) is 0 Å². The SMILES string of the molecule is CN(c1ccc(-c2ccc(Cc3ccccc3)cc2)cc1)c1cccc(-c2ccc3c(c2)-c2ccccc2C3)c1. The van der Waals surface area contributed by atoms with E-state index in [1.165, 1.54) is 67.0 Å². The van der Waals surface area contributed by atoms with E-state index in [9.17, 15) is 0 Å². The van der Waals surface area contributed by atoms with Crippen LogP contribution in [0, 0.1) is 0 Å². The highest BCUT2D eigenvalue weighted by Crippen LogP contribution is 2.39. The van der Waals surface area contributed by atoms with Crippen molar-refractivity contribution < 1.29 is 0 Å². The second kappa shape index (κ2) is 10.4. The predicted molar refractivity (Wildman–Crippen MR) is 169 cm³/mol. The van der Waals surface area contributed by atoms with Gasteiger partial charge in [-0.3, -0.25) is 0 Å². The minimum Gasteiger partial charge on any atom is -0.345 e. The Hall–Kier alpha value is -4.88. The Morgan fingerprint density at radius 2 is 1.07 bits per heavy atom. The Labute approximate surface area is 237 Å². The molecule has 0 amide bonds. The summed E-state index contributed by atoms with van der Waals surface area (Å²) < 4.78 is 0. The molecule has 192 valence electrons. The number of hydrogen-bond acceptors (Lipinski definition) is 1. The Balaban J connectivity index is 1.09. The molecule has 6 aromatic carbocycles. The maximum Gasteiger partial charge on any atom is 0.0414 e. The number of anilines is 2. The van der Waals surface area contributed by atoms with Crippen molar-refractivity contribution in [3.05, 3.63) is 168 Å². The van der Waals surface area contributed by atoms with Crippen molar-refractivity contribution >= 4 is 11.4 Å². The minimum absolute atomic E-state index is 0.961. The molecule has 1 nitrogen and oxygen atoms in total. The van der Waals surface area contributed by atoms with E-state index >= 15 is 0 Å². The molecule has 0 N–H and O–H groups in total. The first-order valence-electron chi connectivity index (χ1n) is 14.0. The lowest BCUT2D eigenvalue weighted by Gasteiger charge is -2.21. The van der Waals surface area contributed by atoms with E-state index in [0.29, 0.717) is 0 Å². The summed E-state index contributed by atoms with van der Waals surface area (Å²) in [5.74, 6) is 0. The van der Waals surface area contributed by atoms with Gasteiger partial charge in [-0.15, -0.1) is 0 Å². The third-order valence-corrected chi connectivity index (χ3v) is 8.16. The zero-order valence-corrected chi connectivity index (χ0v) is 22.7. The molecule has 0 spiro atoms. The van der Waals surface area contributed by atoms with E-state index in [-0.39, 0.29) is 0 Å². The van der Waals surface area contributed by atoms with Gasteiger partial charge >= 0.3 is 0 Å². The van der Waals surface area contributed by atoms with E-state index in [1.54, 1.807) is 0 Å². The molecule has 1 aliphatic rings. The molecule has 0 saturated carbocycles. The molecule has 0 radical (unpaired) electrons. The van der Waals surface area contributed by atoms with Crippen molar-refractivity contribution in [2.24, 2.45) is 0 Å². The zero-order valence-electron chi connectivity index (χ0n) is 22.7. The average molecular weight is 514 g/mol. The standard InChI is InChI=1S/C39H31N/c1-40(36-22-20-31(21-23-36)30-16-14-29(15-17-30)24-28-8-3-2-4-9-28)37-12-7-11-32(26-37)33-18-19-35-25-34-10-5-6-13-38(34)39(35)27-33/h2-23,26-27H,24-25H2,1H3. The maximum atomic E-state index is 2.36. The van der Waals surface area contributed by atoms with Gasteiger partial charge in [0.2, 0.25) is 0 Å². The van der Waals surface area contributed by atoms with Gasteiger partial charge in [0.1, 0.15) is 0 Å². The number of benzene rings is 6. The summed E-state index contributed by atoms with van der Waals surface area (Å²) in [6.45, 7) is 0. The Bertz CT molecular complexity index is 1780. The molecule has 40 heavy (non-hydrogen) atoms. The molecule has 6 aromatic rings. The first kappa shape index (κ1) is 24.2. The summed E-state index contributed by atoms with van der Waals surface area (Å²) in [5, 5.41) is 0. The molecular formula is C39H31N. The first-order valence-corrected chi connectivity index (χ1v) is 14.0. The average Bonchev–Trinajstić information content (AvgIpc) is 3.40. The maximum absolute atomic E-state index is 2.36. The van der Waals surface area contributed by atoms with Crippen molar-refractivity contribution in [3.8, 4) is 33.4 Å². The second-order valence-electron chi connectivity index (χ2n) is 10.7. The lowest BCUT2D eigenvalue weighted by Crippen LogP contribution is -2.09. The van der Waals surface area contributed by atoms with Crippen LogP contribution in [-0.4, -0.2) is 7.05 Å². The van der Waals surface area contributed by atoms with Gasteiger partial charge in [-0.2, -0.15) is 0 Å². The van der Waals surface area contributed by atoms with E-state index in [0.717, 1.165) is 12.8 Å². The van der Waals surface area contributed by atoms with Crippen LogP contribution < -0.4 is 4.90 Å². The van der Waals surface area contributed by atoms with E-state index in [1.807, 2.05) is 0 Å². The van der Waals surface area contributed by atoms with Crippen LogP contribution in [-0.2, 0) is 12.8 Å². The number of rotatable bonds is 6. The van der Waals surface area contributed by atoms with E-state index < -0.39 is 0 Å². The predicted octanol–water partition coefficient (Wildman–Crippen LogP) is 9.95. The first-order chi connectivity index (χ1) is 19.7. The van der Waals surface area contributed by atoms with Crippen molar-refractivity contribution in [2.45, 2.75) is 12.8 Å². The highest BCUT2D eigenvalue weighted by molar-refractivity contribution is 5.82. The fourth-order valence-corrected chi connectivity index (χ4v) is 5.87. The minimum atomic E-state index is 0.961. The van der Waals surface area contributed by atoms with Gasteiger partial charge in [0, 0.05) is 18.4 Å². The topological polar surface area (TPSA) is 3.24 Å². The molecule has 0 fully saturated rings. The van der Waals surface area contributed by atoms with Gasteiger partial charge in [0.05, 0.1) is 0 Å². The number of fused-ring (bicyclic) bond motifs is 3. The van der Waals surface area contributed by atoms with Gasteiger partial charge in [-0.25, -0.2) is 0 Å². The summed E-state index contributed by atoms with van der Waals surface area (Å²) in [6, 6.07) is 53.0. The molecule has 1 heteroatoms. The third-order valence-electron chi connectivity index (χ3n) is 8.16. The van der Waals surface area contributed by atoms with Crippen LogP contribution >= 0.6 is 0 Å². The zero-order chi connectivity index (χ0) is 26.9. The smallest absolute Gasteiger partial charge is 0.0414 e. The van der Waals surface area contributed by atoms with E-state index in [2.05, 4.69) is 158 Å². The van der Waals surface area contributed by atoms with Crippen LogP contribution in [0.25, 0.3) is 33.4 Å². The normalized spacial score (nSPS) is 11.6. The van der Waals surface area contributed by atoms with E-state index in [4.69, 9.17) is 0 Å². The fourth-order valence-electron chi connectivity index (χ4n) is 5.87. The lowest BCUT2D eigenvalue weighted by atomic mass is 9.98. The molecule has 0 aliphatic heterocycles. The van der Waals surface area contributed by atoms with Crippen molar-refractivity contribution in [3.63, 3.8) is 0 Å². The molecule has 0 heterocycles. The largest absolute Gasteiger partial charge is 0.345 e. The third kappa shape index (κ3) is 4.72. The van der Waals surface area contributed by atoms with Crippen molar-refractivity contribution in [2.75, 3.05) is 11.9 Å².